The Balaban J connectivity index is 2.76. The first-order valence-electron chi connectivity index (χ1n) is 5.55. The lowest BCUT2D eigenvalue weighted by molar-refractivity contribution is -0.124. The number of thioether (sulfide) groups is 1. The van der Waals surface area contributed by atoms with Crippen LogP contribution in [0.2, 0.25) is 0 Å². The van der Waals surface area contributed by atoms with E-state index in [9.17, 15) is 4.79 Å². The predicted octanol–water partition coefficient (Wildman–Crippen LogP) is 1.37. The van der Waals surface area contributed by atoms with E-state index >= 15 is 0 Å². The van der Waals surface area contributed by atoms with Crippen LogP contribution in [-0.4, -0.2) is 29.5 Å². The number of hydrogen-bond donors (Lipinski definition) is 2. The van der Waals surface area contributed by atoms with E-state index < -0.39 is 5.54 Å². The fraction of sp³-hybridized carbons (Fsp3) is 0.909. The van der Waals surface area contributed by atoms with E-state index in [0.717, 1.165) is 30.9 Å². The van der Waals surface area contributed by atoms with E-state index in [2.05, 4.69) is 26.1 Å². The number of amides is 1. The van der Waals surface area contributed by atoms with Crippen LogP contribution in [0.5, 0.6) is 0 Å². The van der Waals surface area contributed by atoms with E-state index in [-0.39, 0.29) is 11.3 Å². The second-order valence-corrected chi connectivity index (χ2v) is 6.19. The van der Waals surface area contributed by atoms with Crippen LogP contribution in [0.4, 0.5) is 0 Å². The lowest BCUT2D eigenvalue weighted by Crippen LogP contribution is -2.61. The molecule has 1 atom stereocenters. The Morgan fingerprint density at radius 3 is 2.60 bits per heavy atom. The summed E-state index contributed by atoms with van der Waals surface area (Å²) in [6, 6.07) is 0. The van der Waals surface area contributed by atoms with Gasteiger partial charge in [-0.25, -0.2) is 0 Å². The molecule has 1 amide bonds. The molecule has 1 heterocycles. The lowest BCUT2D eigenvalue weighted by atomic mass is 9.79. The molecular formula is C11H22N2OS. The Labute approximate surface area is 96.6 Å². The third-order valence-corrected chi connectivity index (χ3v) is 4.49. The highest BCUT2D eigenvalue weighted by Gasteiger charge is 2.44. The van der Waals surface area contributed by atoms with Gasteiger partial charge in [0.25, 0.3) is 0 Å². The summed E-state index contributed by atoms with van der Waals surface area (Å²) in [5.41, 5.74) is 5.26. The van der Waals surface area contributed by atoms with Gasteiger partial charge in [0.15, 0.2) is 0 Å². The summed E-state index contributed by atoms with van der Waals surface area (Å²) in [7, 11) is 0. The van der Waals surface area contributed by atoms with Gasteiger partial charge >= 0.3 is 0 Å². The van der Waals surface area contributed by atoms with Gasteiger partial charge in [-0.3, -0.25) is 4.79 Å². The van der Waals surface area contributed by atoms with Crippen molar-refractivity contribution in [2.24, 2.45) is 11.1 Å². The molecule has 15 heavy (non-hydrogen) atoms. The lowest BCUT2D eigenvalue weighted by Gasteiger charge is -2.43. The maximum atomic E-state index is 11.6. The number of nitrogens with one attached hydrogen (secondary N) is 1. The van der Waals surface area contributed by atoms with Crippen LogP contribution in [0.15, 0.2) is 0 Å². The average Bonchev–Trinajstić information content (AvgIpc) is 2.13. The van der Waals surface area contributed by atoms with Gasteiger partial charge in [0, 0.05) is 5.75 Å². The molecule has 0 aromatic carbocycles. The summed E-state index contributed by atoms with van der Waals surface area (Å²) in [5, 5.41) is 3.34. The summed E-state index contributed by atoms with van der Waals surface area (Å²) >= 11 is 1.82. The molecule has 4 heteroatoms. The van der Waals surface area contributed by atoms with Crippen LogP contribution >= 0.6 is 11.8 Å². The molecule has 0 bridgehead atoms. The molecule has 3 N–H and O–H groups in total. The Kier molecular flexibility index (Phi) is 4.06. The summed E-state index contributed by atoms with van der Waals surface area (Å²) in [4.78, 5) is 11.6. The molecule has 0 spiro atoms. The van der Waals surface area contributed by atoms with E-state index in [0.29, 0.717) is 0 Å². The van der Waals surface area contributed by atoms with Crippen molar-refractivity contribution in [2.45, 2.75) is 39.2 Å². The van der Waals surface area contributed by atoms with Gasteiger partial charge in [0.2, 0.25) is 5.91 Å². The smallest absolute Gasteiger partial charge is 0.238 e. The summed E-state index contributed by atoms with van der Waals surface area (Å²) in [6.45, 7) is 7.36. The van der Waals surface area contributed by atoms with Gasteiger partial charge in [0.05, 0.1) is 0 Å². The minimum absolute atomic E-state index is 0.193. The van der Waals surface area contributed by atoms with Crippen LogP contribution < -0.4 is 11.1 Å². The molecule has 0 aromatic rings. The number of primary amides is 1. The fourth-order valence-electron chi connectivity index (χ4n) is 2.14. The quantitative estimate of drug-likeness (QED) is 0.767. The molecular weight excluding hydrogens is 208 g/mol. The minimum atomic E-state index is -0.484. The molecule has 1 rings (SSSR count). The number of carbonyl (C=O) groups is 1. The third kappa shape index (κ3) is 3.11. The molecule has 1 unspecified atom stereocenters. The van der Waals surface area contributed by atoms with Crippen molar-refractivity contribution in [3.63, 3.8) is 0 Å². The topological polar surface area (TPSA) is 55.1 Å². The number of nitrogens with two attached hydrogens (primary N) is 1. The first-order chi connectivity index (χ1) is 6.92. The largest absolute Gasteiger partial charge is 0.368 e. The van der Waals surface area contributed by atoms with Crippen LogP contribution in [0.1, 0.15) is 33.6 Å². The normalized spacial score (nSPS) is 30.1. The maximum Gasteiger partial charge on any atom is 0.238 e. The Bertz CT molecular complexity index is 243. The zero-order valence-corrected chi connectivity index (χ0v) is 10.7. The molecule has 1 aliphatic heterocycles. The van der Waals surface area contributed by atoms with Crippen molar-refractivity contribution in [2.75, 3.05) is 18.1 Å². The Morgan fingerprint density at radius 2 is 2.13 bits per heavy atom. The maximum absolute atomic E-state index is 11.6. The Hall–Kier alpha value is -0.220. The summed E-state index contributed by atoms with van der Waals surface area (Å²) < 4.78 is 0. The number of rotatable bonds is 4. The average molecular weight is 230 g/mol. The second kappa shape index (κ2) is 4.74. The van der Waals surface area contributed by atoms with E-state index in [1.165, 1.54) is 0 Å². The van der Waals surface area contributed by atoms with Crippen molar-refractivity contribution in [3.8, 4) is 0 Å². The highest BCUT2D eigenvalue weighted by atomic mass is 32.2. The monoisotopic (exact) mass is 230 g/mol. The van der Waals surface area contributed by atoms with Gasteiger partial charge in [-0.1, -0.05) is 20.8 Å². The van der Waals surface area contributed by atoms with Gasteiger partial charge in [-0.05, 0) is 30.6 Å². The van der Waals surface area contributed by atoms with Crippen LogP contribution in [-0.2, 0) is 4.79 Å². The van der Waals surface area contributed by atoms with E-state index in [4.69, 9.17) is 5.73 Å². The molecule has 0 aromatic heterocycles. The van der Waals surface area contributed by atoms with Gasteiger partial charge in [0.1, 0.15) is 5.54 Å². The molecule has 0 radical (unpaired) electrons. The van der Waals surface area contributed by atoms with Gasteiger partial charge in [-0.2, -0.15) is 11.8 Å². The van der Waals surface area contributed by atoms with Crippen LogP contribution in [0.3, 0.4) is 0 Å². The molecule has 88 valence electrons. The summed E-state index contributed by atoms with van der Waals surface area (Å²) in [5.74, 6) is 1.72. The fourth-order valence-corrected chi connectivity index (χ4v) is 3.60. The summed E-state index contributed by atoms with van der Waals surface area (Å²) in [6.07, 6.45) is 1.88. The van der Waals surface area contributed by atoms with Crippen molar-refractivity contribution < 1.29 is 4.79 Å². The van der Waals surface area contributed by atoms with Crippen molar-refractivity contribution in [1.82, 2.24) is 5.32 Å². The van der Waals surface area contributed by atoms with E-state index in [1.54, 1.807) is 0 Å². The first-order valence-corrected chi connectivity index (χ1v) is 6.70. The standard InChI is InChI=1S/C11H22N2OS/c1-4-5-13-11(9(12)14)6-10(2,3)7-15-8-11/h13H,4-8H2,1-3H3,(H2,12,14). The number of carbonyl (C=O) groups excluding carboxylic acids is 1. The predicted molar refractivity (Wildman–Crippen MR) is 65.9 cm³/mol. The minimum Gasteiger partial charge on any atom is -0.368 e. The zero-order chi connectivity index (χ0) is 11.5. The molecule has 0 saturated carbocycles. The SMILES string of the molecule is CCCNC1(C(N)=O)CSCC(C)(C)C1. The van der Waals surface area contributed by atoms with Crippen molar-refractivity contribution >= 4 is 17.7 Å². The molecule has 1 fully saturated rings. The zero-order valence-electron chi connectivity index (χ0n) is 9.93. The molecule has 3 nitrogen and oxygen atoms in total. The van der Waals surface area contributed by atoms with E-state index in [1.807, 2.05) is 11.8 Å². The molecule has 1 aliphatic rings. The number of hydrogen-bond acceptors (Lipinski definition) is 3. The van der Waals surface area contributed by atoms with Crippen molar-refractivity contribution in [3.05, 3.63) is 0 Å². The van der Waals surface area contributed by atoms with Gasteiger partial charge < -0.3 is 11.1 Å². The van der Waals surface area contributed by atoms with Crippen LogP contribution in [0.25, 0.3) is 0 Å². The Morgan fingerprint density at radius 1 is 1.47 bits per heavy atom. The van der Waals surface area contributed by atoms with Crippen LogP contribution in [0, 0.1) is 5.41 Å². The second-order valence-electron chi connectivity index (χ2n) is 5.21. The third-order valence-electron chi connectivity index (χ3n) is 2.81. The first kappa shape index (κ1) is 12.8. The van der Waals surface area contributed by atoms with Gasteiger partial charge in [-0.15, -0.1) is 0 Å². The highest BCUT2D eigenvalue weighted by molar-refractivity contribution is 7.99. The van der Waals surface area contributed by atoms with Crippen molar-refractivity contribution in [1.29, 1.82) is 0 Å². The molecule has 0 aliphatic carbocycles. The molecule has 1 saturated heterocycles. The highest BCUT2D eigenvalue weighted by Crippen LogP contribution is 2.39.